The smallest absolute Gasteiger partial charge is 0.325 e. The van der Waals surface area contributed by atoms with Crippen LogP contribution in [0.3, 0.4) is 0 Å². The lowest BCUT2D eigenvalue weighted by Crippen LogP contribution is -2.38. The van der Waals surface area contributed by atoms with E-state index in [4.69, 9.17) is 4.74 Å². The molecule has 1 rings (SSSR count). The molecule has 0 atom stereocenters. The van der Waals surface area contributed by atoms with Gasteiger partial charge in [-0.3, -0.25) is 9.59 Å². The van der Waals surface area contributed by atoms with Crippen molar-refractivity contribution in [1.82, 2.24) is 4.90 Å². The average Bonchev–Trinajstić information content (AvgIpc) is 2.42. The first kappa shape index (κ1) is 17.1. The zero-order valence-electron chi connectivity index (χ0n) is 12.2. The van der Waals surface area contributed by atoms with E-state index in [-0.39, 0.29) is 18.7 Å². The van der Waals surface area contributed by atoms with Crippen molar-refractivity contribution in [1.29, 1.82) is 0 Å². The summed E-state index contributed by atoms with van der Waals surface area (Å²) in [5.41, 5.74) is -0.285. The lowest BCUT2D eigenvalue weighted by atomic mass is 10.1. The van der Waals surface area contributed by atoms with Crippen LogP contribution >= 0.6 is 0 Å². The summed E-state index contributed by atoms with van der Waals surface area (Å²) in [4.78, 5) is 24.8. The van der Waals surface area contributed by atoms with Gasteiger partial charge in [0.2, 0.25) is 5.91 Å². The number of nitrogens with zero attached hydrogens (tertiary/aromatic N) is 1. The first-order chi connectivity index (χ1) is 9.99. The minimum absolute atomic E-state index is 0.212. The third kappa shape index (κ3) is 5.13. The van der Waals surface area contributed by atoms with Crippen LogP contribution < -0.4 is 0 Å². The minimum Gasteiger partial charge on any atom is -0.465 e. The van der Waals surface area contributed by atoms with Crippen LogP contribution in [0.2, 0.25) is 0 Å². The van der Waals surface area contributed by atoms with Crippen molar-refractivity contribution in [3.8, 4) is 0 Å². The van der Waals surface area contributed by atoms with E-state index in [1.54, 1.807) is 6.92 Å². The van der Waals surface area contributed by atoms with Crippen molar-refractivity contribution < 1.29 is 23.1 Å². The largest absolute Gasteiger partial charge is 0.465 e. The summed E-state index contributed by atoms with van der Waals surface area (Å²) in [6.07, 6.45) is 0.211. The molecule has 1 aromatic carbocycles. The molecule has 0 spiro atoms. The van der Waals surface area contributed by atoms with E-state index in [2.05, 4.69) is 0 Å². The molecule has 1 aromatic rings. The molecule has 0 heterocycles. The van der Waals surface area contributed by atoms with E-state index in [0.29, 0.717) is 13.0 Å². The molecule has 0 unspecified atom stereocenters. The highest BCUT2D eigenvalue weighted by Crippen LogP contribution is 2.14. The fraction of sp³-hybridized carbons (Fsp3) is 0.467. The molecule has 0 bridgehead atoms. The molecular weight excluding hydrogens is 280 g/mol. The first-order valence-corrected chi connectivity index (χ1v) is 6.85. The Morgan fingerprint density at radius 1 is 1.19 bits per heavy atom. The normalized spacial score (nSPS) is 10.3. The molecule has 21 heavy (non-hydrogen) atoms. The maximum Gasteiger partial charge on any atom is 0.325 e. The minimum atomic E-state index is -0.768. The predicted molar refractivity (Wildman–Crippen MR) is 73.6 cm³/mol. The summed E-state index contributed by atoms with van der Waals surface area (Å²) in [5.74, 6) is -2.57. The van der Waals surface area contributed by atoms with E-state index in [1.807, 2.05) is 6.92 Å². The molecule has 0 saturated carbocycles. The molecule has 116 valence electrons. The number of esters is 1. The van der Waals surface area contributed by atoms with E-state index in [0.717, 1.165) is 12.1 Å². The van der Waals surface area contributed by atoms with Gasteiger partial charge in [0.1, 0.15) is 18.2 Å². The predicted octanol–water partition coefficient (Wildman–Crippen LogP) is 2.31. The van der Waals surface area contributed by atoms with Gasteiger partial charge in [0.05, 0.1) is 13.0 Å². The number of halogens is 2. The summed E-state index contributed by atoms with van der Waals surface area (Å²) in [7, 11) is 0. The fourth-order valence-corrected chi connectivity index (χ4v) is 1.89. The molecule has 0 radical (unpaired) electrons. The summed E-state index contributed by atoms with van der Waals surface area (Å²) in [5, 5.41) is 0. The summed E-state index contributed by atoms with van der Waals surface area (Å²) >= 11 is 0. The van der Waals surface area contributed by atoms with Gasteiger partial charge in [0.15, 0.2) is 0 Å². The molecular formula is C15H19F2NO3. The fourth-order valence-electron chi connectivity index (χ4n) is 1.89. The van der Waals surface area contributed by atoms with Gasteiger partial charge in [0.25, 0.3) is 0 Å². The van der Waals surface area contributed by atoms with Crippen molar-refractivity contribution >= 4 is 11.9 Å². The molecule has 1 amide bonds. The van der Waals surface area contributed by atoms with Gasteiger partial charge in [-0.1, -0.05) is 13.0 Å². The molecule has 0 fully saturated rings. The molecule has 0 aromatic heterocycles. The highest BCUT2D eigenvalue weighted by atomic mass is 19.1. The van der Waals surface area contributed by atoms with Crippen LogP contribution in [0.15, 0.2) is 18.2 Å². The molecule has 0 N–H and O–H groups in total. The standard InChI is InChI=1S/C15H19F2NO3/c1-3-8-18(10-15(20)21-4-2)14(19)9-11-12(16)6-5-7-13(11)17/h5-7H,3-4,8-10H2,1-2H3. The Bertz CT molecular complexity index is 485. The number of hydrogen-bond acceptors (Lipinski definition) is 3. The van der Waals surface area contributed by atoms with Crippen LogP contribution in [0, 0.1) is 11.6 Å². The average molecular weight is 299 g/mol. The van der Waals surface area contributed by atoms with Gasteiger partial charge in [0, 0.05) is 12.1 Å². The Labute approximate surface area is 122 Å². The zero-order chi connectivity index (χ0) is 15.8. The number of carbonyl (C=O) groups excluding carboxylic acids is 2. The van der Waals surface area contributed by atoms with Gasteiger partial charge in [-0.2, -0.15) is 0 Å². The number of ether oxygens (including phenoxy) is 1. The van der Waals surface area contributed by atoms with Crippen molar-refractivity contribution in [3.63, 3.8) is 0 Å². The van der Waals surface area contributed by atoms with Crippen molar-refractivity contribution in [2.75, 3.05) is 19.7 Å². The van der Waals surface area contributed by atoms with Crippen LogP contribution in [0.1, 0.15) is 25.8 Å². The molecule has 0 aliphatic heterocycles. The molecule has 0 aliphatic rings. The number of benzene rings is 1. The Kier molecular flexibility index (Phi) is 6.78. The summed E-state index contributed by atoms with van der Waals surface area (Å²) in [6.45, 7) is 3.84. The first-order valence-electron chi connectivity index (χ1n) is 6.85. The van der Waals surface area contributed by atoms with E-state index in [9.17, 15) is 18.4 Å². The highest BCUT2D eigenvalue weighted by molar-refractivity contribution is 5.83. The second kappa shape index (κ2) is 8.34. The van der Waals surface area contributed by atoms with Gasteiger partial charge in [-0.15, -0.1) is 0 Å². The third-order valence-electron chi connectivity index (χ3n) is 2.86. The maximum atomic E-state index is 13.5. The van der Waals surface area contributed by atoms with Gasteiger partial charge in [-0.05, 0) is 25.5 Å². The van der Waals surface area contributed by atoms with Crippen molar-refractivity contribution in [3.05, 3.63) is 35.4 Å². The number of carbonyl (C=O) groups is 2. The van der Waals surface area contributed by atoms with Crippen LogP contribution in [0.4, 0.5) is 8.78 Å². The van der Waals surface area contributed by atoms with Gasteiger partial charge < -0.3 is 9.64 Å². The Morgan fingerprint density at radius 3 is 2.33 bits per heavy atom. The van der Waals surface area contributed by atoms with Crippen LogP contribution in [-0.2, 0) is 20.7 Å². The highest BCUT2D eigenvalue weighted by Gasteiger charge is 2.20. The zero-order valence-corrected chi connectivity index (χ0v) is 12.2. The third-order valence-corrected chi connectivity index (χ3v) is 2.86. The molecule has 4 nitrogen and oxygen atoms in total. The molecule has 0 saturated heterocycles. The van der Waals surface area contributed by atoms with Crippen LogP contribution in [0.5, 0.6) is 0 Å². The second-order valence-corrected chi connectivity index (χ2v) is 4.50. The van der Waals surface area contributed by atoms with Crippen molar-refractivity contribution in [2.24, 2.45) is 0 Å². The monoisotopic (exact) mass is 299 g/mol. The Morgan fingerprint density at radius 2 is 1.81 bits per heavy atom. The van der Waals surface area contributed by atoms with E-state index >= 15 is 0 Å². The quantitative estimate of drug-likeness (QED) is 0.726. The SMILES string of the molecule is CCCN(CC(=O)OCC)C(=O)Cc1c(F)cccc1F. The number of amides is 1. The molecule has 0 aliphatic carbocycles. The maximum absolute atomic E-state index is 13.5. The van der Waals surface area contributed by atoms with Crippen LogP contribution in [0.25, 0.3) is 0 Å². The summed E-state index contributed by atoms with van der Waals surface area (Å²) in [6, 6.07) is 3.43. The van der Waals surface area contributed by atoms with Gasteiger partial charge in [-0.25, -0.2) is 8.78 Å². The van der Waals surface area contributed by atoms with Crippen LogP contribution in [-0.4, -0.2) is 36.5 Å². The summed E-state index contributed by atoms with van der Waals surface area (Å²) < 4.78 is 31.9. The lowest BCUT2D eigenvalue weighted by molar-refractivity contribution is -0.148. The van der Waals surface area contributed by atoms with E-state index in [1.165, 1.54) is 11.0 Å². The second-order valence-electron chi connectivity index (χ2n) is 4.50. The lowest BCUT2D eigenvalue weighted by Gasteiger charge is -2.21. The number of hydrogen-bond donors (Lipinski definition) is 0. The number of rotatable bonds is 7. The topological polar surface area (TPSA) is 46.6 Å². The van der Waals surface area contributed by atoms with E-state index < -0.39 is 29.9 Å². The van der Waals surface area contributed by atoms with Crippen molar-refractivity contribution in [2.45, 2.75) is 26.7 Å². The Hall–Kier alpha value is -1.98. The van der Waals surface area contributed by atoms with Gasteiger partial charge >= 0.3 is 5.97 Å². The Balaban J connectivity index is 2.79. The molecule has 6 heteroatoms.